The van der Waals surface area contributed by atoms with Crippen molar-refractivity contribution in [3.05, 3.63) is 0 Å². The molecule has 0 N–H and O–H groups in total. The number of nitrogens with zero attached hydrogens (tertiary/aromatic N) is 2. The molecule has 1 aliphatic heterocycles. The van der Waals surface area contributed by atoms with E-state index in [4.69, 9.17) is 4.74 Å². The van der Waals surface area contributed by atoms with Gasteiger partial charge in [0.15, 0.2) is 0 Å². The third-order valence-corrected chi connectivity index (χ3v) is 6.98. The molecule has 0 unspecified atom stereocenters. The molecule has 1 fully saturated rings. The largest absolute Gasteiger partial charge is 0.461 e. The van der Waals surface area contributed by atoms with Gasteiger partial charge >= 0.3 is 33.5 Å². The first-order chi connectivity index (χ1) is 12.5. The summed E-state index contributed by atoms with van der Waals surface area (Å²) in [6.45, 7) is 7.08. The number of hydrogen-bond donors (Lipinski definition) is 0. The van der Waals surface area contributed by atoms with Crippen LogP contribution in [0, 0.1) is 0 Å². The fourth-order valence-electron chi connectivity index (χ4n) is 3.18. The third kappa shape index (κ3) is 4.28. The topological polar surface area (TPSA) is 66.9 Å². The monoisotopic (exact) mass is 460 g/mol. The summed E-state index contributed by atoms with van der Waals surface area (Å²) in [6, 6.07) is 0. The zero-order valence-corrected chi connectivity index (χ0v) is 17.4. The summed E-state index contributed by atoms with van der Waals surface area (Å²) in [4.78, 5) is 14.0. The molecular formula is C15H23F7N2O4S. The number of sulfonamides is 1. The van der Waals surface area contributed by atoms with Crippen molar-refractivity contribution in [3.63, 3.8) is 0 Å². The minimum Gasteiger partial charge on any atom is -0.445 e. The number of carbonyl (C=O) groups excluding carboxylic acids is 1. The molecule has 6 nitrogen and oxygen atoms in total. The van der Waals surface area contributed by atoms with Crippen molar-refractivity contribution in [1.82, 2.24) is 9.21 Å². The van der Waals surface area contributed by atoms with Gasteiger partial charge in [0.25, 0.3) is 0 Å². The van der Waals surface area contributed by atoms with Crippen molar-refractivity contribution in [2.75, 3.05) is 14.1 Å². The summed E-state index contributed by atoms with van der Waals surface area (Å²) in [5.74, 6) is -6.93. The van der Waals surface area contributed by atoms with Gasteiger partial charge in [-0.1, -0.05) is 0 Å². The number of amides is 1. The fourth-order valence-corrected chi connectivity index (χ4v) is 4.20. The van der Waals surface area contributed by atoms with E-state index < -0.39 is 55.0 Å². The van der Waals surface area contributed by atoms with Gasteiger partial charge in [-0.25, -0.2) is 9.10 Å². The number of carbonyl (C=O) groups is 1. The van der Waals surface area contributed by atoms with Crippen LogP contribution >= 0.6 is 0 Å². The first-order valence-corrected chi connectivity index (χ1v) is 9.72. The first-order valence-electron chi connectivity index (χ1n) is 8.28. The lowest BCUT2D eigenvalue weighted by Gasteiger charge is -2.53. The summed E-state index contributed by atoms with van der Waals surface area (Å²) in [7, 11) is -4.84. The molecule has 29 heavy (non-hydrogen) atoms. The predicted octanol–water partition coefficient (Wildman–Crippen LogP) is 3.83. The van der Waals surface area contributed by atoms with Crippen molar-refractivity contribution >= 4 is 16.1 Å². The average molecular weight is 460 g/mol. The van der Waals surface area contributed by atoms with Gasteiger partial charge in [0.1, 0.15) is 6.10 Å². The molecule has 0 aromatic carbocycles. The Morgan fingerprint density at radius 2 is 1.38 bits per heavy atom. The highest BCUT2D eigenvalue weighted by atomic mass is 32.2. The van der Waals surface area contributed by atoms with Crippen LogP contribution in [0.1, 0.15) is 40.5 Å². The quantitative estimate of drug-likeness (QED) is 0.597. The molecule has 0 aromatic rings. The minimum absolute atomic E-state index is 0.128. The second kappa shape index (κ2) is 7.13. The van der Waals surface area contributed by atoms with Gasteiger partial charge in [-0.2, -0.15) is 39.2 Å². The Bertz CT molecular complexity index is 732. The molecule has 0 aliphatic carbocycles. The number of rotatable bonds is 4. The number of hydrogen-bond acceptors (Lipinski definition) is 5. The van der Waals surface area contributed by atoms with Gasteiger partial charge in [0, 0.05) is 31.0 Å². The first kappa shape index (κ1) is 25.7. The van der Waals surface area contributed by atoms with Crippen molar-refractivity contribution in [2.45, 2.75) is 75.1 Å². The highest BCUT2D eigenvalue weighted by Crippen LogP contribution is 2.50. The molecule has 0 radical (unpaired) electrons. The molecule has 172 valence electrons. The summed E-state index contributed by atoms with van der Waals surface area (Å²) in [6.07, 6.45) is -9.55. The number of ether oxygens (including phenoxy) is 1. The van der Waals surface area contributed by atoms with Crippen LogP contribution in [0.2, 0.25) is 0 Å². The van der Waals surface area contributed by atoms with Crippen LogP contribution in [-0.2, 0) is 14.8 Å². The second-order valence-corrected chi connectivity index (χ2v) is 10.2. The van der Waals surface area contributed by atoms with Gasteiger partial charge in [0.05, 0.1) is 0 Å². The molecule has 1 saturated heterocycles. The Morgan fingerprint density at radius 3 is 1.72 bits per heavy atom. The molecule has 0 saturated carbocycles. The minimum atomic E-state index is -6.93. The molecule has 1 rings (SSSR count). The summed E-state index contributed by atoms with van der Waals surface area (Å²) in [5, 5.41) is -6.63. The Hall–Kier alpha value is -1.31. The van der Waals surface area contributed by atoms with Gasteiger partial charge in [0.2, 0.25) is 0 Å². The number of piperidine rings is 1. The van der Waals surface area contributed by atoms with E-state index in [2.05, 4.69) is 0 Å². The van der Waals surface area contributed by atoms with Crippen LogP contribution in [0.15, 0.2) is 0 Å². The Kier molecular flexibility index (Phi) is 6.33. The molecule has 1 amide bonds. The molecule has 1 heterocycles. The zero-order valence-electron chi connectivity index (χ0n) is 16.6. The molecular weight excluding hydrogens is 437 g/mol. The second-order valence-electron chi connectivity index (χ2n) is 8.16. The van der Waals surface area contributed by atoms with Crippen LogP contribution in [0.4, 0.5) is 35.5 Å². The van der Waals surface area contributed by atoms with Gasteiger partial charge in [-0.3, -0.25) is 4.90 Å². The van der Waals surface area contributed by atoms with Crippen molar-refractivity contribution in [3.8, 4) is 0 Å². The summed E-state index contributed by atoms with van der Waals surface area (Å²) < 4.78 is 118. The molecule has 0 atom stereocenters. The van der Waals surface area contributed by atoms with E-state index in [-0.39, 0.29) is 19.9 Å². The van der Waals surface area contributed by atoms with Crippen molar-refractivity contribution in [1.29, 1.82) is 0 Å². The van der Waals surface area contributed by atoms with Crippen LogP contribution in [-0.4, -0.2) is 72.3 Å². The maximum atomic E-state index is 13.6. The molecule has 1 aliphatic rings. The van der Waals surface area contributed by atoms with E-state index in [1.807, 2.05) is 4.90 Å². The van der Waals surface area contributed by atoms with Crippen LogP contribution in [0.5, 0.6) is 0 Å². The lowest BCUT2D eigenvalue weighted by atomic mass is 9.79. The third-order valence-electron chi connectivity index (χ3n) is 5.20. The number of alkyl halides is 7. The van der Waals surface area contributed by atoms with Crippen molar-refractivity contribution in [2.24, 2.45) is 0 Å². The van der Waals surface area contributed by atoms with E-state index >= 15 is 0 Å². The SMILES string of the molecule is CN1C(C)(C)CC(OC(=O)N(C)S(=O)(=O)C(F)(F)C(F)(F)C(F)(F)F)CC1(C)C. The molecule has 0 spiro atoms. The highest BCUT2D eigenvalue weighted by Gasteiger charge is 2.79. The fraction of sp³-hybridized carbons (Fsp3) is 0.933. The van der Waals surface area contributed by atoms with E-state index in [1.165, 1.54) is 0 Å². The number of halogens is 7. The molecule has 0 bridgehead atoms. The maximum Gasteiger partial charge on any atom is 0.461 e. The zero-order chi connectivity index (χ0) is 23.4. The predicted molar refractivity (Wildman–Crippen MR) is 88.1 cm³/mol. The van der Waals surface area contributed by atoms with Crippen LogP contribution in [0.25, 0.3) is 0 Å². The number of likely N-dealkylation sites (tertiary alicyclic amines) is 1. The van der Waals surface area contributed by atoms with E-state index in [0.29, 0.717) is 0 Å². The Morgan fingerprint density at radius 1 is 1.00 bits per heavy atom. The van der Waals surface area contributed by atoms with E-state index in [9.17, 15) is 43.9 Å². The molecule has 0 aromatic heterocycles. The van der Waals surface area contributed by atoms with Gasteiger partial charge in [-0.15, -0.1) is 0 Å². The lowest BCUT2D eigenvalue weighted by molar-refractivity contribution is -0.332. The van der Waals surface area contributed by atoms with E-state index in [1.54, 1.807) is 34.7 Å². The average Bonchev–Trinajstić information content (AvgIpc) is 2.49. The summed E-state index contributed by atoms with van der Waals surface area (Å²) >= 11 is 0. The Balaban J connectivity index is 3.12. The summed E-state index contributed by atoms with van der Waals surface area (Å²) in [5.41, 5.74) is -1.14. The normalized spacial score (nSPS) is 21.7. The standard InChI is InChI=1S/C15H23F7N2O4S/c1-11(2)7-9(8-12(3,4)24(11)6)28-10(25)23(5)29(26,27)15(21,22)13(16,17)14(18,19)20/h9H,7-8H2,1-6H3. The van der Waals surface area contributed by atoms with Gasteiger partial charge in [-0.05, 0) is 34.7 Å². The van der Waals surface area contributed by atoms with E-state index in [0.717, 1.165) is 0 Å². The highest BCUT2D eigenvalue weighted by molar-refractivity contribution is 7.90. The van der Waals surface area contributed by atoms with Crippen LogP contribution in [0.3, 0.4) is 0 Å². The van der Waals surface area contributed by atoms with Crippen molar-refractivity contribution < 1.29 is 48.7 Å². The smallest absolute Gasteiger partial charge is 0.445 e. The maximum absolute atomic E-state index is 13.6. The van der Waals surface area contributed by atoms with Crippen LogP contribution < -0.4 is 0 Å². The lowest BCUT2D eigenvalue weighted by Crippen LogP contribution is -2.61. The Labute approximate surface area is 164 Å². The molecule has 14 heteroatoms. The van der Waals surface area contributed by atoms with Gasteiger partial charge < -0.3 is 4.74 Å².